The number of para-hydroxylation sites is 1. The summed E-state index contributed by atoms with van der Waals surface area (Å²) in [6, 6.07) is 16.9. The minimum absolute atomic E-state index is 0.00891. The molecule has 0 aliphatic carbocycles. The van der Waals surface area contributed by atoms with Gasteiger partial charge in [0.1, 0.15) is 15.8 Å². The van der Waals surface area contributed by atoms with Gasteiger partial charge in [0.15, 0.2) is 0 Å². The fraction of sp³-hybridized carbons (Fsp3) is 0.150. The van der Waals surface area contributed by atoms with Gasteiger partial charge in [0.05, 0.1) is 4.91 Å². The molecule has 0 radical (unpaired) electrons. The molecule has 0 bridgehead atoms. The maximum Gasteiger partial charge on any atom is 0.303 e. The van der Waals surface area contributed by atoms with Crippen LogP contribution in [0.3, 0.4) is 0 Å². The number of benzene rings is 2. The number of hydrogen-bond donors (Lipinski definition) is 1. The van der Waals surface area contributed by atoms with E-state index in [1.54, 1.807) is 6.08 Å². The average molecular weight is 399 g/mol. The Labute approximate surface area is 166 Å². The zero-order chi connectivity index (χ0) is 19.2. The van der Waals surface area contributed by atoms with Gasteiger partial charge in [-0.25, -0.2) is 0 Å². The Balaban J connectivity index is 1.71. The van der Waals surface area contributed by atoms with Crippen molar-refractivity contribution in [1.29, 1.82) is 0 Å². The second-order valence-corrected chi connectivity index (χ2v) is 7.49. The number of carboxylic acid groups (broad SMARTS) is 1. The lowest BCUT2D eigenvalue weighted by atomic mass is 10.2. The summed E-state index contributed by atoms with van der Waals surface area (Å²) in [5.41, 5.74) is 0.828. The number of aliphatic carboxylic acids is 1. The van der Waals surface area contributed by atoms with E-state index in [1.165, 1.54) is 16.7 Å². The first-order valence-corrected chi connectivity index (χ1v) is 9.55. The highest BCUT2D eigenvalue weighted by atomic mass is 32.2. The highest BCUT2D eigenvalue weighted by Crippen LogP contribution is 2.33. The van der Waals surface area contributed by atoms with Crippen LogP contribution >= 0.6 is 24.0 Å². The first-order valence-electron chi connectivity index (χ1n) is 8.33. The van der Waals surface area contributed by atoms with Crippen molar-refractivity contribution in [1.82, 2.24) is 4.90 Å². The van der Waals surface area contributed by atoms with E-state index in [1.807, 2.05) is 54.6 Å². The van der Waals surface area contributed by atoms with Crippen molar-refractivity contribution in [3.8, 4) is 11.5 Å². The van der Waals surface area contributed by atoms with Crippen molar-refractivity contribution < 1.29 is 19.4 Å². The Hall–Kier alpha value is -2.64. The van der Waals surface area contributed by atoms with Crippen LogP contribution in [-0.2, 0) is 9.59 Å². The van der Waals surface area contributed by atoms with E-state index in [2.05, 4.69) is 0 Å². The van der Waals surface area contributed by atoms with Gasteiger partial charge >= 0.3 is 5.97 Å². The van der Waals surface area contributed by atoms with Gasteiger partial charge in [-0.1, -0.05) is 54.3 Å². The second-order valence-electron chi connectivity index (χ2n) is 5.82. The molecule has 0 atom stereocenters. The number of ether oxygens (including phenoxy) is 1. The van der Waals surface area contributed by atoms with Crippen LogP contribution in [0, 0.1) is 0 Å². The number of amides is 1. The summed E-state index contributed by atoms with van der Waals surface area (Å²) in [5.74, 6) is 0.335. The molecule has 1 N–H and O–H groups in total. The summed E-state index contributed by atoms with van der Waals surface area (Å²) in [7, 11) is 0. The molecule has 5 nitrogen and oxygen atoms in total. The summed E-state index contributed by atoms with van der Waals surface area (Å²) in [4.78, 5) is 25.2. The molecule has 27 heavy (non-hydrogen) atoms. The fourth-order valence-corrected chi connectivity index (χ4v) is 3.83. The topological polar surface area (TPSA) is 66.8 Å². The first kappa shape index (κ1) is 19.1. The molecule has 0 unspecified atom stereocenters. The highest BCUT2D eigenvalue weighted by Gasteiger charge is 2.31. The maximum atomic E-state index is 12.5. The highest BCUT2D eigenvalue weighted by molar-refractivity contribution is 8.26. The smallest absolute Gasteiger partial charge is 0.303 e. The second kappa shape index (κ2) is 8.83. The van der Waals surface area contributed by atoms with Gasteiger partial charge in [0.2, 0.25) is 0 Å². The van der Waals surface area contributed by atoms with E-state index < -0.39 is 5.97 Å². The molecule has 7 heteroatoms. The lowest BCUT2D eigenvalue weighted by Gasteiger charge is -2.13. The lowest BCUT2D eigenvalue weighted by Crippen LogP contribution is -2.29. The van der Waals surface area contributed by atoms with Crippen molar-refractivity contribution in [2.75, 3.05) is 6.54 Å². The number of thioether (sulfide) groups is 1. The van der Waals surface area contributed by atoms with E-state index in [4.69, 9.17) is 22.1 Å². The number of carbonyl (C=O) groups excluding carboxylic acids is 1. The van der Waals surface area contributed by atoms with Crippen molar-refractivity contribution in [2.45, 2.75) is 12.8 Å². The van der Waals surface area contributed by atoms with Crippen LogP contribution in [0.4, 0.5) is 0 Å². The third kappa shape index (κ3) is 5.18. The Kier molecular flexibility index (Phi) is 6.26. The standard InChI is InChI=1S/C20H17NO4S2/c22-18(23)10-5-11-21-19(24)17(27-20(21)26)13-14-6-4-9-16(12-14)25-15-7-2-1-3-8-15/h1-4,6-9,12-13H,5,10-11H2,(H,22,23)/b17-13+. The van der Waals surface area contributed by atoms with E-state index >= 15 is 0 Å². The van der Waals surface area contributed by atoms with Crippen LogP contribution in [-0.4, -0.2) is 32.7 Å². The van der Waals surface area contributed by atoms with Crippen LogP contribution in [0.15, 0.2) is 59.5 Å². The third-order valence-electron chi connectivity index (χ3n) is 3.78. The van der Waals surface area contributed by atoms with Gasteiger partial charge < -0.3 is 9.84 Å². The average Bonchev–Trinajstić information content (AvgIpc) is 2.90. The Bertz CT molecular complexity index is 896. The monoisotopic (exact) mass is 399 g/mol. The molecule has 3 rings (SSSR count). The van der Waals surface area contributed by atoms with Crippen molar-refractivity contribution in [3.63, 3.8) is 0 Å². The number of rotatable bonds is 7. The fourth-order valence-electron chi connectivity index (χ4n) is 2.52. The van der Waals surface area contributed by atoms with Gasteiger partial charge in [-0.15, -0.1) is 0 Å². The summed E-state index contributed by atoms with van der Waals surface area (Å²) in [6.45, 7) is 0.311. The predicted molar refractivity (Wildman–Crippen MR) is 110 cm³/mol. The Morgan fingerprint density at radius 1 is 1.15 bits per heavy atom. The number of carbonyl (C=O) groups is 2. The molecule has 1 amide bonds. The molecule has 1 aliphatic rings. The molecule has 0 aromatic heterocycles. The lowest BCUT2D eigenvalue weighted by molar-refractivity contribution is -0.137. The Morgan fingerprint density at radius 2 is 1.89 bits per heavy atom. The number of hydrogen-bond acceptors (Lipinski definition) is 5. The molecular formula is C20H17NO4S2. The summed E-state index contributed by atoms with van der Waals surface area (Å²) in [6.07, 6.45) is 2.15. The molecule has 1 fully saturated rings. The van der Waals surface area contributed by atoms with Crippen LogP contribution in [0.2, 0.25) is 0 Å². The van der Waals surface area contributed by atoms with E-state index in [-0.39, 0.29) is 12.3 Å². The first-order chi connectivity index (χ1) is 13.0. The molecule has 2 aromatic rings. The van der Waals surface area contributed by atoms with Crippen molar-refractivity contribution in [2.24, 2.45) is 0 Å². The van der Waals surface area contributed by atoms with Gasteiger partial charge in [-0.2, -0.15) is 0 Å². The number of thiocarbonyl (C=S) groups is 1. The largest absolute Gasteiger partial charge is 0.481 e. The molecule has 0 spiro atoms. The van der Waals surface area contributed by atoms with Crippen molar-refractivity contribution in [3.05, 3.63) is 65.1 Å². The predicted octanol–water partition coefficient (Wildman–Crippen LogP) is 4.54. The van der Waals surface area contributed by atoms with Gasteiger partial charge in [0.25, 0.3) is 5.91 Å². The van der Waals surface area contributed by atoms with Crippen molar-refractivity contribution >= 4 is 46.3 Å². The van der Waals surface area contributed by atoms with Crippen LogP contribution < -0.4 is 4.74 Å². The molecule has 138 valence electrons. The zero-order valence-corrected chi connectivity index (χ0v) is 16.0. The van der Waals surface area contributed by atoms with E-state index in [0.29, 0.717) is 27.9 Å². The summed E-state index contributed by atoms with van der Waals surface area (Å²) >= 11 is 6.48. The minimum atomic E-state index is -0.883. The number of nitrogens with zero attached hydrogens (tertiary/aromatic N) is 1. The van der Waals surface area contributed by atoms with Crippen LogP contribution in [0.25, 0.3) is 6.08 Å². The molecular weight excluding hydrogens is 382 g/mol. The molecule has 2 aromatic carbocycles. The van der Waals surface area contributed by atoms with E-state index in [9.17, 15) is 9.59 Å². The summed E-state index contributed by atoms with van der Waals surface area (Å²) in [5, 5.41) is 8.73. The molecule has 1 saturated heterocycles. The molecule has 0 saturated carbocycles. The molecule has 1 aliphatic heterocycles. The van der Waals surface area contributed by atoms with Gasteiger partial charge in [-0.3, -0.25) is 14.5 Å². The van der Waals surface area contributed by atoms with Crippen LogP contribution in [0.1, 0.15) is 18.4 Å². The maximum absolute atomic E-state index is 12.5. The van der Waals surface area contributed by atoms with E-state index in [0.717, 1.165) is 11.3 Å². The van der Waals surface area contributed by atoms with Crippen LogP contribution in [0.5, 0.6) is 11.5 Å². The Morgan fingerprint density at radius 3 is 2.63 bits per heavy atom. The normalized spacial score (nSPS) is 15.4. The third-order valence-corrected chi connectivity index (χ3v) is 5.16. The number of carboxylic acids is 1. The SMILES string of the molecule is O=C(O)CCCN1C(=O)/C(=C\c2cccc(Oc3ccccc3)c2)SC1=S. The van der Waals surface area contributed by atoms with Gasteiger partial charge in [-0.05, 0) is 42.3 Å². The quantitative estimate of drug-likeness (QED) is 0.544. The minimum Gasteiger partial charge on any atom is -0.481 e. The zero-order valence-electron chi connectivity index (χ0n) is 14.3. The summed E-state index contributed by atoms with van der Waals surface area (Å²) < 4.78 is 6.27. The molecule has 1 heterocycles. The van der Waals surface area contributed by atoms with Gasteiger partial charge in [0, 0.05) is 13.0 Å².